The zero-order chi connectivity index (χ0) is 18.4. The highest BCUT2D eigenvalue weighted by atomic mass is 35.5. The Morgan fingerprint density at radius 2 is 2.12 bits per heavy atom. The fraction of sp³-hybridized carbons (Fsp3) is 0.0556. The number of rotatable bonds is 2. The Bertz CT molecular complexity index is 1250. The molecule has 26 heavy (non-hydrogen) atoms. The van der Waals surface area contributed by atoms with Crippen LogP contribution in [0.5, 0.6) is 0 Å². The van der Waals surface area contributed by atoms with Crippen molar-refractivity contribution < 1.29 is 4.79 Å². The van der Waals surface area contributed by atoms with Crippen molar-refractivity contribution in [3.63, 3.8) is 0 Å². The number of hydrogen-bond donors (Lipinski definition) is 1. The largest absolute Gasteiger partial charge is 0.364 e. The molecule has 1 aromatic carbocycles. The first-order chi connectivity index (χ1) is 12.5. The van der Waals surface area contributed by atoms with Crippen molar-refractivity contribution in [3.05, 3.63) is 52.9 Å². The summed E-state index contributed by atoms with van der Waals surface area (Å²) >= 11 is 5.92. The van der Waals surface area contributed by atoms with Crippen LogP contribution in [0.2, 0.25) is 5.15 Å². The second-order valence-corrected chi connectivity index (χ2v) is 6.12. The summed E-state index contributed by atoms with van der Waals surface area (Å²) in [6.45, 7) is 0. The van der Waals surface area contributed by atoms with Gasteiger partial charge in [0.25, 0.3) is 5.91 Å². The molecule has 0 saturated heterocycles. The summed E-state index contributed by atoms with van der Waals surface area (Å²) in [6, 6.07) is 11.2. The van der Waals surface area contributed by atoms with Gasteiger partial charge < -0.3 is 5.73 Å². The van der Waals surface area contributed by atoms with Crippen molar-refractivity contribution in [3.8, 4) is 17.3 Å². The van der Waals surface area contributed by atoms with Gasteiger partial charge in [0.15, 0.2) is 5.69 Å². The van der Waals surface area contributed by atoms with E-state index < -0.39 is 5.91 Å². The molecular formula is C18H11ClN6O. The molecule has 3 heterocycles. The molecule has 0 aliphatic heterocycles. The van der Waals surface area contributed by atoms with Crippen molar-refractivity contribution in [2.24, 2.45) is 12.8 Å². The van der Waals surface area contributed by atoms with Gasteiger partial charge in [-0.15, -0.1) is 0 Å². The number of aromatic nitrogens is 4. The molecule has 0 atom stereocenters. The summed E-state index contributed by atoms with van der Waals surface area (Å²) in [6.07, 6.45) is 1.58. The molecule has 0 fully saturated rings. The van der Waals surface area contributed by atoms with Crippen molar-refractivity contribution in [2.75, 3.05) is 0 Å². The van der Waals surface area contributed by atoms with Gasteiger partial charge in [-0.1, -0.05) is 17.7 Å². The zero-order valence-electron chi connectivity index (χ0n) is 13.6. The number of hydrogen-bond acceptors (Lipinski definition) is 5. The number of carbonyl (C=O) groups is 1. The van der Waals surface area contributed by atoms with Crippen molar-refractivity contribution in [1.82, 2.24) is 19.7 Å². The van der Waals surface area contributed by atoms with Crippen molar-refractivity contribution >= 4 is 39.3 Å². The van der Waals surface area contributed by atoms with E-state index in [0.29, 0.717) is 21.7 Å². The van der Waals surface area contributed by atoms with E-state index in [4.69, 9.17) is 17.3 Å². The molecule has 126 valence electrons. The number of nitrogens with two attached hydrogens (primary N) is 1. The third-order valence-electron chi connectivity index (χ3n) is 4.17. The maximum absolute atomic E-state index is 11.7. The van der Waals surface area contributed by atoms with Gasteiger partial charge in [0.1, 0.15) is 11.2 Å². The monoisotopic (exact) mass is 362 g/mol. The number of amides is 1. The SMILES string of the molecule is Cn1nc(C(N)=O)c2c(C#N)c(-c3ccc4nc(Cl)ccc4c3)ncc21. The lowest BCUT2D eigenvalue weighted by atomic mass is 10.0. The molecule has 0 unspecified atom stereocenters. The predicted octanol–water partition coefficient (Wildman–Crippen LogP) is 2.81. The summed E-state index contributed by atoms with van der Waals surface area (Å²) in [4.78, 5) is 20.4. The molecule has 0 bridgehead atoms. The van der Waals surface area contributed by atoms with E-state index in [1.807, 2.05) is 18.2 Å². The summed E-state index contributed by atoms with van der Waals surface area (Å²) in [5, 5.41) is 15.5. The van der Waals surface area contributed by atoms with E-state index in [9.17, 15) is 10.1 Å². The topological polar surface area (TPSA) is 110 Å². The first-order valence-corrected chi connectivity index (χ1v) is 7.99. The number of fused-ring (bicyclic) bond motifs is 2. The number of aryl methyl sites for hydroxylation is 1. The smallest absolute Gasteiger partial charge is 0.269 e. The molecule has 4 rings (SSSR count). The number of primary amides is 1. The van der Waals surface area contributed by atoms with Crippen LogP contribution in [-0.2, 0) is 7.05 Å². The van der Waals surface area contributed by atoms with Gasteiger partial charge in [-0.3, -0.25) is 14.5 Å². The molecule has 4 aromatic rings. The fourth-order valence-electron chi connectivity index (χ4n) is 2.99. The lowest BCUT2D eigenvalue weighted by Gasteiger charge is -2.07. The maximum atomic E-state index is 11.7. The second kappa shape index (κ2) is 5.79. The number of halogens is 1. The van der Waals surface area contributed by atoms with Crippen LogP contribution in [0.3, 0.4) is 0 Å². The van der Waals surface area contributed by atoms with Crippen molar-refractivity contribution in [2.45, 2.75) is 0 Å². The number of carbonyl (C=O) groups excluding carboxylic acids is 1. The van der Waals surface area contributed by atoms with E-state index in [-0.39, 0.29) is 11.3 Å². The Morgan fingerprint density at radius 3 is 2.85 bits per heavy atom. The number of benzene rings is 1. The highest BCUT2D eigenvalue weighted by Crippen LogP contribution is 2.31. The number of pyridine rings is 2. The lowest BCUT2D eigenvalue weighted by Crippen LogP contribution is -2.12. The highest BCUT2D eigenvalue weighted by molar-refractivity contribution is 6.29. The third kappa shape index (κ3) is 2.36. The Kier molecular flexibility index (Phi) is 3.56. The minimum atomic E-state index is -0.693. The van der Waals surface area contributed by atoms with Crippen LogP contribution in [0.4, 0.5) is 0 Å². The zero-order valence-corrected chi connectivity index (χ0v) is 14.3. The van der Waals surface area contributed by atoms with Crippen LogP contribution in [0, 0.1) is 11.3 Å². The van der Waals surface area contributed by atoms with Gasteiger partial charge in [0.2, 0.25) is 0 Å². The van der Waals surface area contributed by atoms with E-state index in [0.717, 1.165) is 16.5 Å². The van der Waals surface area contributed by atoms with Gasteiger partial charge in [-0.25, -0.2) is 4.98 Å². The molecule has 0 aliphatic rings. The second-order valence-electron chi connectivity index (χ2n) is 5.73. The number of nitrogens with zero attached hydrogens (tertiary/aromatic N) is 5. The van der Waals surface area contributed by atoms with Crippen LogP contribution >= 0.6 is 11.6 Å². The summed E-state index contributed by atoms with van der Waals surface area (Å²) in [7, 11) is 1.67. The van der Waals surface area contributed by atoms with E-state index in [1.54, 1.807) is 25.4 Å². The molecule has 2 N–H and O–H groups in total. The van der Waals surface area contributed by atoms with Crippen LogP contribution in [0.1, 0.15) is 16.1 Å². The Labute approximate surface area is 152 Å². The van der Waals surface area contributed by atoms with E-state index in [2.05, 4.69) is 21.1 Å². The summed E-state index contributed by atoms with van der Waals surface area (Å²) in [5.74, 6) is -0.693. The van der Waals surface area contributed by atoms with Crippen molar-refractivity contribution in [1.29, 1.82) is 5.26 Å². The summed E-state index contributed by atoms with van der Waals surface area (Å²) in [5.41, 5.74) is 8.21. The molecule has 0 spiro atoms. The Morgan fingerprint density at radius 1 is 1.31 bits per heavy atom. The minimum Gasteiger partial charge on any atom is -0.364 e. The summed E-state index contributed by atoms with van der Waals surface area (Å²) < 4.78 is 1.49. The lowest BCUT2D eigenvalue weighted by molar-refractivity contribution is 0.0996. The predicted molar refractivity (Wildman–Crippen MR) is 97.5 cm³/mol. The molecule has 3 aromatic heterocycles. The third-order valence-corrected chi connectivity index (χ3v) is 4.38. The Hall–Kier alpha value is -3.50. The van der Waals surface area contributed by atoms with Crippen LogP contribution in [0.25, 0.3) is 33.1 Å². The van der Waals surface area contributed by atoms with Gasteiger partial charge >= 0.3 is 0 Å². The first-order valence-electron chi connectivity index (χ1n) is 7.62. The maximum Gasteiger partial charge on any atom is 0.269 e. The normalized spacial score (nSPS) is 11.0. The molecule has 7 nitrogen and oxygen atoms in total. The Balaban J connectivity index is 2.03. The van der Waals surface area contributed by atoms with Gasteiger partial charge in [-0.05, 0) is 24.3 Å². The average Bonchev–Trinajstić information content (AvgIpc) is 2.98. The van der Waals surface area contributed by atoms with E-state index in [1.165, 1.54) is 4.68 Å². The molecular weight excluding hydrogens is 352 g/mol. The minimum absolute atomic E-state index is 0.0527. The highest BCUT2D eigenvalue weighted by Gasteiger charge is 2.21. The van der Waals surface area contributed by atoms with Crippen LogP contribution in [-0.4, -0.2) is 25.7 Å². The van der Waals surface area contributed by atoms with Crippen LogP contribution < -0.4 is 5.73 Å². The average molecular weight is 363 g/mol. The van der Waals surface area contributed by atoms with Gasteiger partial charge in [-0.2, -0.15) is 10.4 Å². The molecule has 0 aliphatic carbocycles. The van der Waals surface area contributed by atoms with Crippen LogP contribution in [0.15, 0.2) is 36.5 Å². The van der Waals surface area contributed by atoms with Gasteiger partial charge in [0, 0.05) is 18.0 Å². The number of nitriles is 1. The molecule has 1 amide bonds. The van der Waals surface area contributed by atoms with Gasteiger partial charge in [0.05, 0.1) is 33.9 Å². The van der Waals surface area contributed by atoms with E-state index >= 15 is 0 Å². The molecule has 0 saturated carbocycles. The standard InChI is InChI=1S/C18H11ClN6O/c1-25-13-8-22-16(11(7-20)15(13)17(24-25)18(21)26)10-2-4-12-9(6-10)3-5-14(19)23-12/h2-6,8H,1H3,(H2,21,26). The molecule has 8 heteroatoms. The molecule has 0 radical (unpaired) electrons. The first kappa shape index (κ1) is 16.0. The quantitative estimate of drug-likeness (QED) is 0.551. The fourth-order valence-corrected chi connectivity index (χ4v) is 3.14.